The highest BCUT2D eigenvalue weighted by molar-refractivity contribution is 5.91. The molecular weight excluding hydrogens is 340 g/mol. The fraction of sp³-hybridized carbons (Fsp3) is 0.654. The van der Waals surface area contributed by atoms with E-state index < -0.39 is 0 Å². The van der Waals surface area contributed by atoms with Crippen molar-refractivity contribution < 1.29 is 4.58 Å². The number of allylic oxidation sites excluding steroid dienone is 8. The Balaban J connectivity index is 0.00000136. The van der Waals surface area contributed by atoms with E-state index in [1.54, 1.807) is 28.1 Å². The van der Waals surface area contributed by atoms with Crippen molar-refractivity contribution in [3.63, 3.8) is 0 Å². The van der Waals surface area contributed by atoms with Crippen LogP contribution in [0.2, 0.25) is 0 Å². The van der Waals surface area contributed by atoms with Gasteiger partial charge in [0.15, 0.2) is 5.71 Å². The summed E-state index contributed by atoms with van der Waals surface area (Å²) in [7, 11) is 0. The minimum atomic E-state index is 1.14. The van der Waals surface area contributed by atoms with Crippen molar-refractivity contribution in [1.82, 2.24) is 4.90 Å². The van der Waals surface area contributed by atoms with Crippen molar-refractivity contribution in [1.29, 1.82) is 0 Å². The Bertz CT molecular complexity index is 658. The molecule has 0 spiro atoms. The van der Waals surface area contributed by atoms with Gasteiger partial charge in [-0.2, -0.15) is 0 Å². The maximum absolute atomic E-state index is 2.53. The number of nitrogens with zero attached hydrogens (tertiary/aromatic N) is 2. The van der Waals surface area contributed by atoms with Crippen LogP contribution in [-0.2, 0) is 0 Å². The Hall–Kier alpha value is -1.57. The first-order valence-electron chi connectivity index (χ1n) is 11.9. The molecule has 0 N–H and O–H groups in total. The van der Waals surface area contributed by atoms with E-state index in [1.807, 2.05) is 13.8 Å². The Labute approximate surface area is 174 Å². The quantitative estimate of drug-likeness (QED) is 0.465. The van der Waals surface area contributed by atoms with Gasteiger partial charge in [0.25, 0.3) is 0 Å². The van der Waals surface area contributed by atoms with Crippen molar-refractivity contribution in [2.75, 3.05) is 26.2 Å². The highest BCUT2D eigenvalue weighted by atomic mass is 15.1. The molecule has 1 saturated heterocycles. The van der Waals surface area contributed by atoms with Gasteiger partial charge in [0, 0.05) is 37.7 Å². The van der Waals surface area contributed by atoms with Gasteiger partial charge in [0.2, 0.25) is 0 Å². The van der Waals surface area contributed by atoms with Crippen LogP contribution in [-0.4, -0.2) is 41.4 Å². The molecule has 0 aromatic heterocycles. The van der Waals surface area contributed by atoms with Gasteiger partial charge in [-0.25, -0.2) is 4.58 Å². The molecule has 1 aliphatic carbocycles. The SMILES string of the molecule is CC.CCC1=C(/C=C/C2=[N+](CC)CCC2)CCCC1=C/C=C1\CCCN1CC. The molecular formula is C26H43N2+. The zero-order chi connectivity index (χ0) is 20.4. The first-order valence-corrected chi connectivity index (χ1v) is 11.9. The zero-order valence-corrected chi connectivity index (χ0v) is 19.2. The summed E-state index contributed by atoms with van der Waals surface area (Å²) in [6, 6.07) is 0. The van der Waals surface area contributed by atoms with E-state index >= 15 is 0 Å². The van der Waals surface area contributed by atoms with Crippen molar-refractivity contribution in [2.24, 2.45) is 0 Å². The van der Waals surface area contributed by atoms with Crippen LogP contribution in [0.3, 0.4) is 0 Å². The van der Waals surface area contributed by atoms with Gasteiger partial charge in [-0.05, 0) is 75.2 Å². The van der Waals surface area contributed by atoms with Crippen molar-refractivity contribution in [3.05, 3.63) is 46.7 Å². The minimum Gasteiger partial charge on any atom is -0.375 e. The lowest BCUT2D eigenvalue weighted by molar-refractivity contribution is -0.515. The third kappa shape index (κ3) is 5.72. The molecule has 1 fully saturated rings. The van der Waals surface area contributed by atoms with Gasteiger partial charge in [-0.15, -0.1) is 0 Å². The van der Waals surface area contributed by atoms with E-state index in [9.17, 15) is 0 Å². The highest BCUT2D eigenvalue weighted by Gasteiger charge is 2.19. The van der Waals surface area contributed by atoms with E-state index in [2.05, 4.69) is 54.6 Å². The summed E-state index contributed by atoms with van der Waals surface area (Å²) >= 11 is 0. The summed E-state index contributed by atoms with van der Waals surface area (Å²) in [5.74, 6) is 0. The monoisotopic (exact) mass is 383 g/mol. The van der Waals surface area contributed by atoms with Crippen LogP contribution in [0.1, 0.15) is 86.0 Å². The van der Waals surface area contributed by atoms with Gasteiger partial charge in [-0.3, -0.25) is 0 Å². The molecule has 156 valence electrons. The maximum Gasteiger partial charge on any atom is 0.176 e. The molecule has 2 heterocycles. The molecule has 0 unspecified atom stereocenters. The van der Waals surface area contributed by atoms with E-state index in [0.29, 0.717) is 0 Å². The first kappa shape index (κ1) is 22.7. The van der Waals surface area contributed by atoms with Crippen LogP contribution in [0.4, 0.5) is 0 Å². The van der Waals surface area contributed by atoms with Crippen LogP contribution in [0.15, 0.2) is 46.7 Å². The normalized spacial score (nSPS) is 23.4. The third-order valence-electron chi connectivity index (χ3n) is 6.27. The van der Waals surface area contributed by atoms with Gasteiger partial charge < -0.3 is 4.90 Å². The minimum absolute atomic E-state index is 1.14. The van der Waals surface area contributed by atoms with E-state index in [-0.39, 0.29) is 0 Å². The molecule has 0 amide bonds. The lowest BCUT2D eigenvalue weighted by atomic mass is 9.85. The predicted octanol–water partition coefficient (Wildman–Crippen LogP) is 6.65. The Morgan fingerprint density at radius 3 is 2.43 bits per heavy atom. The van der Waals surface area contributed by atoms with Gasteiger partial charge in [0.05, 0.1) is 0 Å². The van der Waals surface area contributed by atoms with Gasteiger partial charge >= 0.3 is 0 Å². The summed E-state index contributed by atoms with van der Waals surface area (Å²) in [6.45, 7) is 15.6. The number of likely N-dealkylation sites (tertiary alicyclic amines) is 1. The largest absolute Gasteiger partial charge is 0.375 e. The third-order valence-corrected chi connectivity index (χ3v) is 6.27. The van der Waals surface area contributed by atoms with Crippen LogP contribution >= 0.6 is 0 Å². The fourth-order valence-corrected chi connectivity index (χ4v) is 4.80. The standard InChI is InChI=1S/C24H37N2.C2H6/c1-4-24-20(14-16-22-12-8-18-25(22)5-2)10-7-11-21(24)15-17-23-13-9-19-26(23)6-3;1-2/h14-17H,4-13,18-19H2,1-3H3;1-2H3/q+1;. The van der Waals surface area contributed by atoms with Crippen molar-refractivity contribution >= 4 is 5.71 Å². The van der Waals surface area contributed by atoms with Crippen molar-refractivity contribution in [2.45, 2.75) is 86.0 Å². The molecule has 0 aromatic carbocycles. The zero-order valence-electron chi connectivity index (χ0n) is 19.2. The molecule has 3 aliphatic rings. The Morgan fingerprint density at radius 1 is 0.893 bits per heavy atom. The van der Waals surface area contributed by atoms with Crippen LogP contribution < -0.4 is 0 Å². The van der Waals surface area contributed by atoms with E-state index in [1.165, 1.54) is 58.0 Å². The second-order valence-corrected chi connectivity index (χ2v) is 7.75. The summed E-state index contributed by atoms with van der Waals surface area (Å²) < 4.78 is 2.53. The molecule has 2 aliphatic heterocycles. The average Bonchev–Trinajstić information content (AvgIpc) is 3.40. The molecule has 0 aromatic rings. The van der Waals surface area contributed by atoms with Crippen LogP contribution in [0.5, 0.6) is 0 Å². The van der Waals surface area contributed by atoms with Gasteiger partial charge in [0.1, 0.15) is 13.1 Å². The predicted molar refractivity (Wildman–Crippen MR) is 124 cm³/mol. The first-order chi connectivity index (χ1) is 13.8. The topological polar surface area (TPSA) is 6.25 Å². The fourth-order valence-electron chi connectivity index (χ4n) is 4.80. The molecule has 0 saturated carbocycles. The van der Waals surface area contributed by atoms with Gasteiger partial charge in [-0.1, -0.05) is 32.9 Å². The molecule has 0 radical (unpaired) electrons. The summed E-state index contributed by atoms with van der Waals surface area (Å²) in [4.78, 5) is 2.53. The highest BCUT2D eigenvalue weighted by Crippen LogP contribution is 2.33. The second-order valence-electron chi connectivity index (χ2n) is 7.75. The number of hydrogen-bond donors (Lipinski definition) is 0. The lowest BCUT2D eigenvalue weighted by Gasteiger charge is -2.21. The average molecular weight is 384 g/mol. The number of rotatable bonds is 6. The van der Waals surface area contributed by atoms with E-state index in [0.717, 1.165) is 19.5 Å². The molecule has 0 atom stereocenters. The molecule has 0 bridgehead atoms. The Kier molecular flexibility index (Phi) is 9.81. The lowest BCUT2D eigenvalue weighted by Crippen LogP contribution is -2.16. The molecule has 28 heavy (non-hydrogen) atoms. The van der Waals surface area contributed by atoms with Crippen LogP contribution in [0.25, 0.3) is 0 Å². The van der Waals surface area contributed by atoms with Crippen molar-refractivity contribution in [3.8, 4) is 0 Å². The smallest absolute Gasteiger partial charge is 0.176 e. The maximum atomic E-state index is 2.53. The molecule has 2 nitrogen and oxygen atoms in total. The summed E-state index contributed by atoms with van der Waals surface area (Å²) in [6.07, 6.45) is 19.8. The Morgan fingerprint density at radius 2 is 1.71 bits per heavy atom. The second kappa shape index (κ2) is 12.1. The van der Waals surface area contributed by atoms with Crippen LogP contribution in [0, 0.1) is 0 Å². The summed E-state index contributed by atoms with van der Waals surface area (Å²) in [5, 5.41) is 0. The molecule has 3 rings (SSSR count). The molecule has 2 heteroatoms. The number of hydrogen-bond acceptors (Lipinski definition) is 1. The summed E-state index contributed by atoms with van der Waals surface area (Å²) in [5.41, 5.74) is 7.85. The van der Waals surface area contributed by atoms with E-state index in [4.69, 9.17) is 0 Å².